The Morgan fingerprint density at radius 3 is 0.958 bits per heavy atom. The van der Waals surface area contributed by atoms with E-state index in [4.69, 9.17) is 15.0 Å². The van der Waals surface area contributed by atoms with Gasteiger partial charge in [-0.3, -0.25) is 0 Å². The molecule has 0 saturated heterocycles. The molecule has 3 aromatic carbocycles. The quantitative estimate of drug-likeness (QED) is 0.0333. The summed E-state index contributed by atoms with van der Waals surface area (Å²) >= 11 is -6.73. The van der Waals surface area contributed by atoms with Crippen molar-refractivity contribution in [2.45, 2.75) is 348 Å². The number of hydrogen-bond acceptors (Lipinski definition) is 3. The van der Waals surface area contributed by atoms with Crippen LogP contribution in [0.1, 0.15) is 329 Å². The van der Waals surface area contributed by atoms with Crippen LogP contribution in [-0.2, 0) is 0 Å². The van der Waals surface area contributed by atoms with Gasteiger partial charge in [0.05, 0.1) is 0 Å². The van der Waals surface area contributed by atoms with Crippen molar-refractivity contribution < 1.29 is 0 Å². The second kappa shape index (κ2) is 50.5. The van der Waals surface area contributed by atoms with Gasteiger partial charge in [-0.15, -0.1) is 0 Å². The second-order valence-corrected chi connectivity index (χ2v) is 68.8. The topological polar surface area (TPSA) is 86.0 Å². The number of nitrogens with zero attached hydrogens (tertiary/aromatic N) is 3. The van der Waals surface area contributed by atoms with Crippen LogP contribution in [0, 0.1) is 6.92 Å². The Bertz CT molecular complexity index is 2830. The predicted octanol–water partition coefficient (Wildman–Crippen LogP) is 28.6. The monoisotopic (exact) mass is 1630 g/mol. The van der Waals surface area contributed by atoms with E-state index < -0.39 is 55.1 Å². The molecule has 0 aliphatic rings. The summed E-state index contributed by atoms with van der Waals surface area (Å²) in [6, 6.07) is 27.7. The first-order valence-electron chi connectivity index (χ1n) is 40.6. The standard InChI is InChI=1S/C18H23N2.C17H21N2.C16H21N2.9C4H9.3Sn/c1-4-7-16(8-5-2)18-19-13-17(20-18)15-11-9-14(6-3)10-12-15;1-4-6-15(7-5-2)17-18-12-16(19-17)14-10-8-13(3)9-11-14;1-3-8-14(9-4-2)16-17-12-15(18-16)13-10-6-5-7-11-13;9*1-3-4-2;;;/h3,6,9-13,16H,4-5,7-8H2,1-2H3,(H,19,20);1,4,8-12,15H,5-7H2,2-3H3,(H,18,19);6-7,10-12,14H,3-4,8-9H2,1-2H3,(H,17,18);9*1,3-4H2,2H3;;;. The summed E-state index contributed by atoms with van der Waals surface area (Å²) in [4.78, 5) is 25.3. The summed E-state index contributed by atoms with van der Waals surface area (Å²) in [5.74, 6) is 5.16. The Hall–Kier alpha value is -2.83. The van der Waals surface area contributed by atoms with Crippen LogP contribution in [0.5, 0.6) is 0 Å². The third kappa shape index (κ3) is 30.0. The first-order valence-corrected chi connectivity index (χ1v) is 63.5. The van der Waals surface area contributed by atoms with E-state index in [-0.39, 0.29) is 0 Å². The zero-order chi connectivity index (χ0) is 69.7. The van der Waals surface area contributed by atoms with E-state index in [1.807, 2.05) is 12.4 Å². The van der Waals surface area contributed by atoms with Crippen molar-refractivity contribution in [1.29, 1.82) is 0 Å². The van der Waals surface area contributed by atoms with Crippen LogP contribution in [0.15, 0.2) is 106 Å². The molecular weight excluding hydrogens is 1490 g/mol. The van der Waals surface area contributed by atoms with E-state index in [0.29, 0.717) is 17.8 Å². The number of benzene rings is 3. The zero-order valence-electron chi connectivity index (χ0n) is 64.9. The van der Waals surface area contributed by atoms with E-state index in [2.05, 4.69) is 218 Å². The molecule has 6 rings (SSSR count). The minimum atomic E-state index is -2.33. The summed E-state index contributed by atoms with van der Waals surface area (Å²) in [5.41, 5.74) is 9.92. The van der Waals surface area contributed by atoms with Crippen LogP contribution in [0.4, 0.5) is 0 Å². The number of aromatic amines is 3. The molecule has 0 bridgehead atoms. The van der Waals surface area contributed by atoms with Crippen molar-refractivity contribution in [3.63, 3.8) is 0 Å². The number of unbranched alkanes of at least 4 members (excludes halogenated alkanes) is 9. The molecule has 1 unspecified atom stereocenters. The molecule has 9 heteroatoms. The molecule has 3 N–H and O–H groups in total. The SMILES string of the molecule is CCC[CH2][Sn](/[CH]=C/c1ccc(-c2cnc(C(CCC)CCC)[nH]2)cc1)([CH2]CCC)[CH2]CCC.CCC[CH2][Sn]([CH2]CCC)([CH2]CCC)[c]1ccc(-c2cnc(C(CCC)CCC)[nH]2)cc1.CCC[CH2][Sn]([CH]=CCC(CCC)c1ncc(-c2ccc(C)cc2)[nH]1)([CH2]CCC)[CH2]CCC. The van der Waals surface area contributed by atoms with Gasteiger partial charge in [-0.25, -0.2) is 0 Å². The summed E-state index contributed by atoms with van der Waals surface area (Å²) in [5, 5.41) is 0. The third-order valence-corrected chi connectivity index (χ3v) is 65.2. The van der Waals surface area contributed by atoms with Gasteiger partial charge in [0.2, 0.25) is 0 Å². The molecule has 6 aromatic rings. The number of hydrogen-bond donors (Lipinski definition) is 3. The maximum atomic E-state index is 4.83. The molecule has 0 amide bonds. The van der Waals surface area contributed by atoms with E-state index in [1.165, 1.54) is 257 Å². The van der Waals surface area contributed by atoms with Crippen molar-refractivity contribution in [2.24, 2.45) is 0 Å². The Morgan fingerprint density at radius 1 is 0.333 bits per heavy atom. The molecule has 0 saturated carbocycles. The van der Waals surface area contributed by atoms with Crippen molar-refractivity contribution in [3.8, 4) is 33.8 Å². The number of aromatic nitrogens is 6. The van der Waals surface area contributed by atoms with Crippen LogP contribution in [0.2, 0.25) is 39.9 Å². The van der Waals surface area contributed by atoms with E-state index in [1.54, 1.807) is 16.9 Å². The first-order chi connectivity index (χ1) is 46.8. The number of imidazole rings is 3. The summed E-state index contributed by atoms with van der Waals surface area (Å²) < 4.78 is 21.3. The van der Waals surface area contributed by atoms with Gasteiger partial charge in [0.15, 0.2) is 0 Å². The van der Waals surface area contributed by atoms with Gasteiger partial charge in [0.1, 0.15) is 0 Å². The average Bonchev–Trinajstić information content (AvgIpc) is 1.01. The van der Waals surface area contributed by atoms with Crippen LogP contribution >= 0.6 is 0 Å². The molecule has 1 atom stereocenters. The summed E-state index contributed by atoms with van der Waals surface area (Å²) in [6.45, 7) is 34.8. The van der Waals surface area contributed by atoms with Gasteiger partial charge in [-0.2, -0.15) is 0 Å². The molecule has 0 fully saturated rings. The molecule has 0 aliphatic heterocycles. The van der Waals surface area contributed by atoms with Crippen LogP contribution in [-0.4, -0.2) is 85.0 Å². The van der Waals surface area contributed by atoms with E-state index in [0.717, 1.165) is 17.8 Å². The number of H-pyrrole nitrogens is 3. The summed E-state index contributed by atoms with van der Waals surface area (Å²) in [6.07, 6.45) is 49.4. The Balaban J connectivity index is 0.000000306. The van der Waals surface area contributed by atoms with Gasteiger partial charge < -0.3 is 0 Å². The van der Waals surface area contributed by atoms with Crippen LogP contribution in [0.25, 0.3) is 39.8 Å². The number of rotatable bonds is 49. The normalized spacial score (nSPS) is 12.5. The van der Waals surface area contributed by atoms with Crippen molar-refractivity contribution >= 4 is 64.8 Å². The maximum absolute atomic E-state index is 4.83. The molecule has 96 heavy (non-hydrogen) atoms. The fourth-order valence-electron chi connectivity index (χ4n) is 15.1. The molecule has 0 aliphatic carbocycles. The molecular formula is C87H146N6Sn3. The number of aryl methyl sites for hydroxylation is 1. The molecule has 536 valence electrons. The zero-order valence-corrected chi connectivity index (χ0v) is 73.5. The number of nitrogens with one attached hydrogen (secondary N) is 3. The van der Waals surface area contributed by atoms with E-state index >= 15 is 0 Å². The van der Waals surface area contributed by atoms with Gasteiger partial charge in [-0.05, 0) is 0 Å². The molecule has 6 nitrogen and oxygen atoms in total. The van der Waals surface area contributed by atoms with Gasteiger partial charge in [0, 0.05) is 0 Å². The van der Waals surface area contributed by atoms with Gasteiger partial charge >= 0.3 is 597 Å². The molecule has 3 heterocycles. The molecule has 3 aromatic heterocycles. The van der Waals surface area contributed by atoms with E-state index in [9.17, 15) is 0 Å². The van der Waals surface area contributed by atoms with Crippen LogP contribution in [0.3, 0.4) is 0 Å². The Morgan fingerprint density at radius 2 is 0.625 bits per heavy atom. The molecule has 0 radical (unpaired) electrons. The second-order valence-electron chi connectivity index (χ2n) is 29.6. The minimum absolute atomic E-state index is 0.503. The third-order valence-electron chi connectivity index (χ3n) is 21.2. The number of allylic oxidation sites excluding steroid dienone is 1. The van der Waals surface area contributed by atoms with Gasteiger partial charge in [-0.1, -0.05) is 13.8 Å². The predicted molar refractivity (Wildman–Crippen MR) is 437 cm³/mol. The average molecular weight is 1630 g/mol. The van der Waals surface area contributed by atoms with Crippen molar-refractivity contribution in [2.75, 3.05) is 0 Å². The van der Waals surface area contributed by atoms with Crippen molar-refractivity contribution in [3.05, 3.63) is 134 Å². The molecule has 0 spiro atoms. The first kappa shape index (κ1) is 85.6. The fraction of sp³-hybridized carbons (Fsp3) is 0.644. The Kier molecular flexibility index (Phi) is 45.0. The van der Waals surface area contributed by atoms with Crippen LogP contribution < -0.4 is 3.58 Å². The van der Waals surface area contributed by atoms with Crippen molar-refractivity contribution in [1.82, 2.24) is 29.9 Å². The Labute approximate surface area is 604 Å². The summed E-state index contributed by atoms with van der Waals surface area (Å²) in [7, 11) is 0. The fourth-order valence-corrected chi connectivity index (χ4v) is 59.6. The van der Waals surface area contributed by atoms with Gasteiger partial charge in [0.25, 0.3) is 0 Å².